The largest absolute Gasteiger partial charge is 0.508 e. The van der Waals surface area contributed by atoms with E-state index in [1.807, 2.05) is 0 Å². The monoisotopic (exact) mass is 365 g/mol. The molecule has 1 amide bonds. The number of aromatic hydroxyl groups is 1. The van der Waals surface area contributed by atoms with E-state index >= 15 is 0 Å². The summed E-state index contributed by atoms with van der Waals surface area (Å²) >= 11 is 0. The van der Waals surface area contributed by atoms with Crippen LogP contribution in [-0.4, -0.2) is 25.5 Å². The number of nitrogen functional groups attached to an aromatic ring is 1. The summed E-state index contributed by atoms with van der Waals surface area (Å²) in [6, 6.07) is 3.01. The van der Waals surface area contributed by atoms with E-state index in [9.17, 15) is 23.1 Å². The maximum atomic E-state index is 13.0. The van der Waals surface area contributed by atoms with Gasteiger partial charge < -0.3 is 16.6 Å². The number of benzene rings is 1. The number of hydrogen-bond acceptors (Lipinski definition) is 5. The second-order valence-electron chi connectivity index (χ2n) is 5.76. The van der Waals surface area contributed by atoms with Crippen molar-refractivity contribution in [1.82, 2.24) is 14.5 Å². The quantitative estimate of drug-likeness (QED) is 0.644. The third-order valence-corrected chi connectivity index (χ3v) is 4.07. The fraction of sp³-hybridized carbons (Fsp3) is 0.188. The maximum absolute atomic E-state index is 13.0. The summed E-state index contributed by atoms with van der Waals surface area (Å²) in [5.41, 5.74) is 12.2. The zero-order chi connectivity index (χ0) is 19.4. The molecule has 3 rings (SSSR count). The number of anilines is 1. The lowest BCUT2D eigenvalue weighted by Gasteiger charge is -2.15. The smallest absolute Gasteiger partial charge is 0.451 e. The van der Waals surface area contributed by atoms with Crippen molar-refractivity contribution in [2.75, 3.05) is 5.73 Å². The average Bonchev–Trinajstić information content (AvgIpc) is 2.82. The molecule has 0 bridgehead atoms. The summed E-state index contributed by atoms with van der Waals surface area (Å²) in [5.74, 6) is -2.57. The van der Waals surface area contributed by atoms with Gasteiger partial charge in [-0.2, -0.15) is 13.2 Å². The Bertz CT molecular complexity index is 1060. The minimum absolute atomic E-state index is 0.00913. The average molecular weight is 365 g/mol. The van der Waals surface area contributed by atoms with Gasteiger partial charge in [0.05, 0.1) is 16.6 Å². The third kappa shape index (κ3) is 2.50. The molecule has 0 aliphatic heterocycles. The van der Waals surface area contributed by atoms with E-state index in [4.69, 9.17) is 11.5 Å². The van der Waals surface area contributed by atoms with Gasteiger partial charge >= 0.3 is 6.18 Å². The van der Waals surface area contributed by atoms with Gasteiger partial charge in [-0.25, -0.2) is 9.97 Å². The predicted molar refractivity (Wildman–Crippen MR) is 87.9 cm³/mol. The lowest BCUT2D eigenvalue weighted by atomic mass is 10.1. The zero-order valence-electron chi connectivity index (χ0n) is 13.7. The number of aryl methyl sites for hydroxylation is 1. The summed E-state index contributed by atoms with van der Waals surface area (Å²) in [4.78, 5) is 18.6. The molecule has 0 fully saturated rings. The van der Waals surface area contributed by atoms with Crippen molar-refractivity contribution in [2.45, 2.75) is 20.0 Å². The molecule has 0 spiro atoms. The molecule has 0 saturated heterocycles. The zero-order valence-corrected chi connectivity index (χ0v) is 13.7. The van der Waals surface area contributed by atoms with Gasteiger partial charge in [0.15, 0.2) is 5.65 Å². The van der Waals surface area contributed by atoms with Gasteiger partial charge in [-0.15, -0.1) is 0 Å². The number of nitrogens with two attached hydrogens (primary N) is 2. The molecule has 2 aromatic heterocycles. The van der Waals surface area contributed by atoms with Gasteiger partial charge in [-0.3, -0.25) is 9.36 Å². The first-order valence-corrected chi connectivity index (χ1v) is 7.37. The molecule has 3 aromatic rings. The summed E-state index contributed by atoms with van der Waals surface area (Å²) in [7, 11) is 0. The van der Waals surface area contributed by atoms with Gasteiger partial charge in [-0.05, 0) is 25.5 Å². The van der Waals surface area contributed by atoms with E-state index in [1.165, 1.54) is 10.6 Å². The number of aromatic nitrogens is 3. The van der Waals surface area contributed by atoms with E-state index in [0.717, 1.165) is 6.20 Å². The lowest BCUT2D eigenvalue weighted by Crippen LogP contribution is -2.14. The van der Waals surface area contributed by atoms with Crippen LogP contribution in [0.25, 0.3) is 16.7 Å². The van der Waals surface area contributed by atoms with Crippen molar-refractivity contribution in [2.24, 2.45) is 5.73 Å². The Morgan fingerprint density at radius 3 is 2.50 bits per heavy atom. The number of alkyl halides is 3. The molecule has 10 heteroatoms. The summed E-state index contributed by atoms with van der Waals surface area (Å²) in [6.45, 7) is 3.25. The molecule has 0 radical (unpaired) electrons. The molecule has 5 N–H and O–H groups in total. The molecular weight excluding hydrogens is 351 g/mol. The van der Waals surface area contributed by atoms with Gasteiger partial charge in [0.25, 0.3) is 5.91 Å². The second-order valence-corrected chi connectivity index (χ2v) is 5.76. The SMILES string of the molecule is Cc1ccc(O)c(C)c1-n1c(N)c(C(N)=O)c2cnc(C(F)(F)F)nc21. The molecule has 0 unspecified atom stereocenters. The van der Waals surface area contributed by atoms with E-state index in [2.05, 4.69) is 9.97 Å². The van der Waals surface area contributed by atoms with Crippen LogP contribution < -0.4 is 11.5 Å². The first kappa shape index (κ1) is 17.5. The van der Waals surface area contributed by atoms with Gasteiger partial charge in [0.2, 0.25) is 5.82 Å². The number of hydrogen-bond donors (Lipinski definition) is 3. The van der Waals surface area contributed by atoms with Gasteiger partial charge in [0, 0.05) is 11.8 Å². The number of primary amides is 1. The van der Waals surface area contributed by atoms with Crippen LogP contribution in [0.2, 0.25) is 0 Å². The van der Waals surface area contributed by atoms with Crippen molar-refractivity contribution in [1.29, 1.82) is 0 Å². The van der Waals surface area contributed by atoms with Gasteiger partial charge in [-0.1, -0.05) is 6.07 Å². The normalized spacial score (nSPS) is 11.9. The van der Waals surface area contributed by atoms with Crippen molar-refractivity contribution in [3.8, 4) is 11.4 Å². The maximum Gasteiger partial charge on any atom is 0.451 e. The Kier molecular flexibility index (Phi) is 3.78. The second kappa shape index (κ2) is 5.61. The van der Waals surface area contributed by atoms with E-state index in [-0.39, 0.29) is 28.2 Å². The molecule has 2 heterocycles. The number of fused-ring (bicyclic) bond motifs is 1. The fourth-order valence-corrected chi connectivity index (χ4v) is 2.87. The summed E-state index contributed by atoms with van der Waals surface area (Å²) in [5, 5.41) is 9.98. The van der Waals surface area contributed by atoms with Crippen LogP contribution in [0, 0.1) is 13.8 Å². The molecule has 0 aliphatic rings. The molecule has 26 heavy (non-hydrogen) atoms. The molecule has 0 atom stereocenters. The van der Waals surface area contributed by atoms with E-state index in [0.29, 0.717) is 16.8 Å². The van der Waals surface area contributed by atoms with Crippen LogP contribution in [0.4, 0.5) is 19.0 Å². The molecule has 1 aromatic carbocycles. The Balaban J connectivity index is 2.51. The highest BCUT2D eigenvalue weighted by Crippen LogP contribution is 2.36. The van der Waals surface area contributed by atoms with E-state index < -0.39 is 17.9 Å². The van der Waals surface area contributed by atoms with Crippen LogP contribution in [0.15, 0.2) is 18.3 Å². The van der Waals surface area contributed by atoms with Crippen molar-refractivity contribution < 1.29 is 23.1 Å². The highest BCUT2D eigenvalue weighted by Gasteiger charge is 2.36. The topological polar surface area (TPSA) is 120 Å². The number of amides is 1. The fourth-order valence-electron chi connectivity index (χ4n) is 2.87. The Morgan fingerprint density at radius 2 is 1.92 bits per heavy atom. The number of nitrogens with zero attached hydrogens (tertiary/aromatic N) is 3. The standard InChI is InChI=1S/C16H14F3N5O2/c1-6-3-4-9(25)7(2)11(6)24-12(20)10(13(21)26)8-5-22-15(16(17,18)19)23-14(8)24/h3-5,25H,20H2,1-2H3,(H2,21,26). The minimum Gasteiger partial charge on any atom is -0.508 e. The number of halogens is 3. The number of phenols is 1. The highest BCUT2D eigenvalue weighted by molar-refractivity contribution is 6.10. The Hall–Kier alpha value is -3.30. The van der Waals surface area contributed by atoms with Crippen LogP contribution >= 0.6 is 0 Å². The summed E-state index contributed by atoms with van der Waals surface area (Å²) in [6.07, 6.45) is -3.92. The molecule has 7 nitrogen and oxygen atoms in total. The first-order valence-electron chi connectivity index (χ1n) is 7.37. The molecule has 136 valence electrons. The predicted octanol–water partition coefficient (Wildman–Crippen LogP) is 2.44. The van der Waals surface area contributed by atoms with Crippen LogP contribution in [0.1, 0.15) is 27.3 Å². The van der Waals surface area contributed by atoms with Crippen molar-refractivity contribution in [3.63, 3.8) is 0 Å². The van der Waals surface area contributed by atoms with Crippen LogP contribution in [0.5, 0.6) is 5.75 Å². The molecule has 0 saturated carbocycles. The number of carbonyl (C=O) groups is 1. The summed E-state index contributed by atoms with van der Waals surface area (Å²) < 4.78 is 40.3. The van der Waals surface area contributed by atoms with Crippen LogP contribution in [0.3, 0.4) is 0 Å². The van der Waals surface area contributed by atoms with Crippen molar-refractivity contribution >= 4 is 22.8 Å². The van der Waals surface area contributed by atoms with Crippen molar-refractivity contribution in [3.05, 3.63) is 40.8 Å². The number of carbonyl (C=O) groups excluding carboxylic acids is 1. The minimum atomic E-state index is -4.78. The number of phenolic OH excluding ortho intramolecular Hbond substituents is 1. The highest BCUT2D eigenvalue weighted by atomic mass is 19.4. The Morgan fingerprint density at radius 1 is 1.27 bits per heavy atom. The van der Waals surface area contributed by atoms with Crippen LogP contribution in [-0.2, 0) is 6.18 Å². The lowest BCUT2D eigenvalue weighted by molar-refractivity contribution is -0.144. The Labute approximate surface area is 145 Å². The first-order chi connectivity index (χ1) is 12.0. The van der Waals surface area contributed by atoms with Gasteiger partial charge in [0.1, 0.15) is 11.6 Å². The third-order valence-electron chi connectivity index (χ3n) is 4.07. The van der Waals surface area contributed by atoms with E-state index in [1.54, 1.807) is 19.9 Å². The number of rotatable bonds is 2. The molecular formula is C16H14F3N5O2. The molecule has 0 aliphatic carbocycles.